The van der Waals surface area contributed by atoms with Gasteiger partial charge in [0.25, 0.3) is 0 Å². The maximum atomic E-state index is 14.1. The predicted molar refractivity (Wildman–Crippen MR) is 75.5 cm³/mol. The van der Waals surface area contributed by atoms with Gasteiger partial charge in [0.05, 0.1) is 5.02 Å². The molecule has 0 fully saturated rings. The van der Waals surface area contributed by atoms with Gasteiger partial charge in [-0.15, -0.1) is 0 Å². The lowest BCUT2D eigenvalue weighted by Gasteiger charge is -2.21. The monoisotopic (exact) mass is 280 g/mol. The van der Waals surface area contributed by atoms with Crippen molar-refractivity contribution in [3.8, 4) is 11.1 Å². The van der Waals surface area contributed by atoms with Crippen LogP contribution in [0.5, 0.6) is 0 Å². The lowest BCUT2D eigenvalue weighted by Crippen LogP contribution is -2.14. The molecule has 0 aromatic heterocycles. The molecule has 0 aliphatic carbocycles. The van der Waals surface area contributed by atoms with Gasteiger partial charge < -0.3 is 0 Å². The molecule has 0 spiro atoms. The molecule has 0 heterocycles. The van der Waals surface area contributed by atoms with Crippen molar-refractivity contribution in [3.63, 3.8) is 0 Å². The van der Waals surface area contributed by atoms with Crippen molar-refractivity contribution in [1.29, 1.82) is 0 Å². The first kappa shape index (κ1) is 14.0. The summed E-state index contributed by atoms with van der Waals surface area (Å²) in [6.45, 7) is 5.69. The summed E-state index contributed by atoms with van der Waals surface area (Å²) in [5, 5.41) is 0.0191. The zero-order valence-electron chi connectivity index (χ0n) is 11.1. The highest BCUT2D eigenvalue weighted by molar-refractivity contribution is 6.31. The highest BCUT2D eigenvalue weighted by Gasteiger charge is 2.22. The van der Waals surface area contributed by atoms with Crippen LogP contribution in [0, 0.1) is 11.6 Å². The van der Waals surface area contributed by atoms with E-state index in [1.165, 1.54) is 12.1 Å². The van der Waals surface area contributed by atoms with Gasteiger partial charge in [-0.3, -0.25) is 0 Å². The van der Waals surface area contributed by atoms with E-state index in [2.05, 4.69) is 0 Å². The van der Waals surface area contributed by atoms with Crippen LogP contribution in [-0.4, -0.2) is 0 Å². The Hall–Kier alpha value is -1.41. The second-order valence-electron chi connectivity index (χ2n) is 5.55. The first-order chi connectivity index (χ1) is 8.80. The molecule has 0 aliphatic rings. The fourth-order valence-electron chi connectivity index (χ4n) is 1.99. The topological polar surface area (TPSA) is 0 Å². The van der Waals surface area contributed by atoms with E-state index in [0.29, 0.717) is 16.7 Å². The van der Waals surface area contributed by atoms with Crippen molar-refractivity contribution < 1.29 is 8.78 Å². The van der Waals surface area contributed by atoms with Gasteiger partial charge in [0, 0.05) is 5.56 Å². The molecule has 0 amide bonds. The summed E-state index contributed by atoms with van der Waals surface area (Å²) < 4.78 is 27.9. The summed E-state index contributed by atoms with van der Waals surface area (Å²) in [7, 11) is 0. The minimum absolute atomic E-state index is 0.0191. The molecule has 2 aromatic rings. The van der Waals surface area contributed by atoms with E-state index in [0.717, 1.165) is 0 Å². The van der Waals surface area contributed by atoms with E-state index in [9.17, 15) is 8.78 Å². The van der Waals surface area contributed by atoms with Gasteiger partial charge >= 0.3 is 0 Å². The molecular formula is C16H15ClF2. The molecule has 19 heavy (non-hydrogen) atoms. The van der Waals surface area contributed by atoms with Crippen LogP contribution in [-0.2, 0) is 5.41 Å². The number of benzene rings is 2. The van der Waals surface area contributed by atoms with Crippen LogP contribution in [0.15, 0.2) is 36.4 Å². The van der Waals surface area contributed by atoms with E-state index in [4.69, 9.17) is 11.6 Å². The number of rotatable bonds is 1. The van der Waals surface area contributed by atoms with Crippen LogP contribution >= 0.6 is 11.6 Å². The highest BCUT2D eigenvalue weighted by atomic mass is 35.5. The summed E-state index contributed by atoms with van der Waals surface area (Å²) in [5.41, 5.74) is 1.11. The van der Waals surface area contributed by atoms with Gasteiger partial charge in [-0.25, -0.2) is 8.78 Å². The normalized spacial score (nSPS) is 11.7. The Bertz CT molecular complexity index is 613. The van der Waals surface area contributed by atoms with Crippen LogP contribution in [0.3, 0.4) is 0 Å². The zero-order chi connectivity index (χ0) is 14.2. The predicted octanol–water partition coefficient (Wildman–Crippen LogP) is 5.58. The lowest BCUT2D eigenvalue weighted by molar-refractivity contribution is 0.523. The Balaban J connectivity index is 2.68. The number of hydrogen-bond donors (Lipinski definition) is 0. The second-order valence-corrected chi connectivity index (χ2v) is 5.96. The van der Waals surface area contributed by atoms with Gasteiger partial charge in [0.15, 0.2) is 0 Å². The molecule has 0 bridgehead atoms. The lowest BCUT2D eigenvalue weighted by atomic mass is 9.85. The fraction of sp³-hybridized carbons (Fsp3) is 0.250. The molecule has 0 nitrogen and oxygen atoms in total. The SMILES string of the molecule is CC(C)(C)c1cc(-c2ccccc2F)cc(Cl)c1F. The minimum Gasteiger partial charge on any atom is -0.206 e. The van der Waals surface area contributed by atoms with Gasteiger partial charge in [0.2, 0.25) is 0 Å². The van der Waals surface area contributed by atoms with Crippen molar-refractivity contribution in [2.45, 2.75) is 26.2 Å². The van der Waals surface area contributed by atoms with E-state index in [-0.39, 0.29) is 10.8 Å². The van der Waals surface area contributed by atoms with E-state index in [1.54, 1.807) is 24.3 Å². The molecule has 0 N–H and O–H groups in total. The number of hydrogen-bond acceptors (Lipinski definition) is 0. The molecule has 2 rings (SSSR count). The van der Waals surface area contributed by atoms with Crippen molar-refractivity contribution in [3.05, 3.63) is 58.6 Å². The van der Waals surface area contributed by atoms with Gasteiger partial charge in [-0.1, -0.05) is 50.6 Å². The average Bonchev–Trinajstić information content (AvgIpc) is 2.31. The van der Waals surface area contributed by atoms with Crippen LogP contribution in [0.1, 0.15) is 26.3 Å². The summed E-state index contributed by atoms with van der Waals surface area (Å²) in [4.78, 5) is 0. The summed E-state index contributed by atoms with van der Waals surface area (Å²) in [6.07, 6.45) is 0. The van der Waals surface area contributed by atoms with Crippen molar-refractivity contribution in [2.24, 2.45) is 0 Å². The van der Waals surface area contributed by atoms with E-state index in [1.807, 2.05) is 20.8 Å². The molecule has 0 saturated heterocycles. The third-order valence-electron chi connectivity index (χ3n) is 3.02. The van der Waals surface area contributed by atoms with E-state index < -0.39 is 11.2 Å². The highest BCUT2D eigenvalue weighted by Crippen LogP contribution is 2.34. The van der Waals surface area contributed by atoms with Crippen molar-refractivity contribution in [1.82, 2.24) is 0 Å². The smallest absolute Gasteiger partial charge is 0.145 e. The van der Waals surface area contributed by atoms with Gasteiger partial charge in [-0.2, -0.15) is 0 Å². The number of halogens is 3. The molecule has 0 atom stereocenters. The molecule has 0 saturated carbocycles. The Kier molecular flexibility index (Phi) is 3.64. The van der Waals surface area contributed by atoms with Crippen LogP contribution in [0.2, 0.25) is 5.02 Å². The third-order valence-corrected chi connectivity index (χ3v) is 3.30. The molecule has 100 valence electrons. The van der Waals surface area contributed by atoms with Gasteiger partial charge in [0.1, 0.15) is 11.6 Å². The largest absolute Gasteiger partial charge is 0.206 e. The Morgan fingerprint density at radius 3 is 2.21 bits per heavy atom. The van der Waals surface area contributed by atoms with E-state index >= 15 is 0 Å². The van der Waals surface area contributed by atoms with Crippen molar-refractivity contribution in [2.75, 3.05) is 0 Å². The van der Waals surface area contributed by atoms with Crippen LogP contribution < -0.4 is 0 Å². The molecule has 2 aromatic carbocycles. The second kappa shape index (κ2) is 4.93. The summed E-state index contributed by atoms with van der Waals surface area (Å²) in [6, 6.07) is 9.53. The molecular weight excluding hydrogens is 266 g/mol. The molecule has 0 radical (unpaired) electrons. The first-order valence-corrected chi connectivity index (χ1v) is 6.43. The zero-order valence-corrected chi connectivity index (χ0v) is 11.9. The first-order valence-electron chi connectivity index (χ1n) is 6.05. The summed E-state index contributed by atoms with van der Waals surface area (Å²) >= 11 is 5.93. The maximum Gasteiger partial charge on any atom is 0.145 e. The minimum atomic E-state index is -0.436. The van der Waals surface area contributed by atoms with Gasteiger partial charge in [-0.05, 0) is 34.7 Å². The quantitative estimate of drug-likeness (QED) is 0.639. The van der Waals surface area contributed by atoms with Crippen molar-refractivity contribution >= 4 is 11.6 Å². The Morgan fingerprint density at radius 2 is 1.63 bits per heavy atom. The molecule has 3 heteroatoms. The Labute approximate surface area is 117 Å². The molecule has 0 unspecified atom stereocenters. The third kappa shape index (κ3) is 2.79. The Morgan fingerprint density at radius 1 is 1.00 bits per heavy atom. The maximum absolute atomic E-state index is 14.1. The standard InChI is InChI=1S/C16H15ClF2/c1-16(2,3)12-8-10(9-13(17)15(12)19)11-6-4-5-7-14(11)18/h4-9H,1-3H3. The molecule has 0 aliphatic heterocycles. The summed E-state index contributed by atoms with van der Waals surface area (Å²) in [5.74, 6) is -0.778. The van der Waals surface area contributed by atoms with Crippen LogP contribution in [0.25, 0.3) is 11.1 Å². The average molecular weight is 281 g/mol. The van der Waals surface area contributed by atoms with Crippen LogP contribution in [0.4, 0.5) is 8.78 Å². The fourth-order valence-corrected chi connectivity index (χ4v) is 2.20.